The van der Waals surface area contributed by atoms with Crippen molar-refractivity contribution in [3.63, 3.8) is 0 Å². The topological polar surface area (TPSA) is 44.1 Å². The van der Waals surface area contributed by atoms with Gasteiger partial charge in [-0.1, -0.05) is 0 Å². The van der Waals surface area contributed by atoms with Crippen LogP contribution in [0.2, 0.25) is 0 Å². The Morgan fingerprint density at radius 1 is 1.67 bits per heavy atom. The molecule has 0 spiro atoms. The van der Waals surface area contributed by atoms with Crippen molar-refractivity contribution in [2.45, 2.75) is 26.2 Å². The largest absolute Gasteiger partial charge is 0.462 e. The number of ether oxygens (including phenoxy) is 1. The lowest BCUT2D eigenvalue weighted by molar-refractivity contribution is 0.0525. The molecule has 1 aromatic heterocycles. The molecule has 4 heteroatoms. The summed E-state index contributed by atoms with van der Waals surface area (Å²) in [7, 11) is 1.83. The molecule has 15 heavy (non-hydrogen) atoms. The number of carbonyl (C=O) groups excluding carboxylic acids is 1. The Kier molecular flexibility index (Phi) is 2.75. The van der Waals surface area contributed by atoms with E-state index < -0.39 is 0 Å². The Morgan fingerprint density at radius 3 is 3.00 bits per heavy atom. The third kappa shape index (κ3) is 2.37. The van der Waals surface area contributed by atoms with Crippen LogP contribution in [0.3, 0.4) is 0 Å². The van der Waals surface area contributed by atoms with Crippen LogP contribution < -0.4 is 0 Å². The lowest BCUT2D eigenvalue weighted by Gasteiger charge is -2.00. The first-order chi connectivity index (χ1) is 7.20. The van der Waals surface area contributed by atoms with Crippen LogP contribution in [-0.4, -0.2) is 22.4 Å². The summed E-state index contributed by atoms with van der Waals surface area (Å²) in [6.07, 6.45) is 5.18. The van der Waals surface area contributed by atoms with Crippen LogP contribution in [0, 0.1) is 5.92 Å². The predicted molar refractivity (Wildman–Crippen MR) is 55.6 cm³/mol. The Balaban J connectivity index is 2.15. The van der Waals surface area contributed by atoms with Crippen molar-refractivity contribution in [1.82, 2.24) is 9.78 Å². The maximum absolute atomic E-state index is 11.6. The molecule has 0 aliphatic heterocycles. The van der Waals surface area contributed by atoms with Crippen LogP contribution in [0.25, 0.3) is 0 Å². The van der Waals surface area contributed by atoms with Gasteiger partial charge < -0.3 is 4.74 Å². The molecule has 82 valence electrons. The zero-order chi connectivity index (χ0) is 10.8. The van der Waals surface area contributed by atoms with Gasteiger partial charge >= 0.3 is 5.97 Å². The summed E-state index contributed by atoms with van der Waals surface area (Å²) in [5.74, 6) is 0.481. The molecule has 1 aromatic rings. The standard InChI is InChI=1S/C11H16N2O2/c1-3-15-11(14)9-7-13(2)12-10(9)6-8-4-5-8/h7-8H,3-6H2,1-2H3. The third-order valence-corrected chi connectivity index (χ3v) is 2.58. The van der Waals surface area contributed by atoms with E-state index >= 15 is 0 Å². The highest BCUT2D eigenvalue weighted by molar-refractivity contribution is 5.90. The summed E-state index contributed by atoms with van der Waals surface area (Å²) in [6, 6.07) is 0. The lowest BCUT2D eigenvalue weighted by Crippen LogP contribution is -2.07. The number of esters is 1. The average Bonchev–Trinajstić information content (AvgIpc) is 2.90. The van der Waals surface area contributed by atoms with Crippen molar-refractivity contribution in [3.8, 4) is 0 Å². The summed E-state index contributed by atoms with van der Waals surface area (Å²) < 4.78 is 6.68. The van der Waals surface area contributed by atoms with Crippen molar-refractivity contribution in [1.29, 1.82) is 0 Å². The molecule has 1 aliphatic rings. The van der Waals surface area contributed by atoms with Gasteiger partial charge in [-0.3, -0.25) is 4.68 Å². The minimum atomic E-state index is -0.249. The van der Waals surface area contributed by atoms with Gasteiger partial charge in [-0.05, 0) is 32.1 Å². The van der Waals surface area contributed by atoms with Gasteiger partial charge in [-0.15, -0.1) is 0 Å². The molecule has 2 rings (SSSR count). The molecular weight excluding hydrogens is 192 g/mol. The first-order valence-electron chi connectivity index (χ1n) is 5.40. The summed E-state index contributed by atoms with van der Waals surface area (Å²) in [4.78, 5) is 11.6. The molecule has 0 bridgehead atoms. The monoisotopic (exact) mass is 208 g/mol. The van der Waals surface area contributed by atoms with Crippen molar-refractivity contribution in [3.05, 3.63) is 17.5 Å². The normalized spacial score (nSPS) is 15.3. The number of aromatic nitrogens is 2. The molecule has 1 saturated carbocycles. The van der Waals surface area contributed by atoms with E-state index in [1.807, 2.05) is 14.0 Å². The van der Waals surface area contributed by atoms with Crippen LogP contribution in [0.1, 0.15) is 35.8 Å². The Hall–Kier alpha value is -1.32. The first kappa shape index (κ1) is 10.2. The fourth-order valence-corrected chi connectivity index (χ4v) is 1.66. The van der Waals surface area contributed by atoms with Crippen LogP contribution in [0.4, 0.5) is 0 Å². The van der Waals surface area contributed by atoms with Crippen molar-refractivity contribution in [2.24, 2.45) is 13.0 Å². The number of nitrogens with zero attached hydrogens (tertiary/aromatic N) is 2. The summed E-state index contributed by atoms with van der Waals surface area (Å²) in [5.41, 5.74) is 1.52. The Labute approximate surface area is 89.2 Å². The van der Waals surface area contributed by atoms with Crippen molar-refractivity contribution >= 4 is 5.97 Å². The van der Waals surface area contributed by atoms with E-state index in [1.165, 1.54) is 12.8 Å². The number of hydrogen-bond donors (Lipinski definition) is 0. The van der Waals surface area contributed by atoms with Gasteiger partial charge in [0.1, 0.15) is 5.56 Å². The van der Waals surface area contributed by atoms with Gasteiger partial charge in [0.15, 0.2) is 0 Å². The van der Waals surface area contributed by atoms with Crippen molar-refractivity contribution < 1.29 is 9.53 Å². The third-order valence-electron chi connectivity index (χ3n) is 2.58. The van der Waals surface area contributed by atoms with E-state index in [4.69, 9.17) is 4.74 Å². The second kappa shape index (κ2) is 4.04. The maximum atomic E-state index is 11.6. The Morgan fingerprint density at radius 2 is 2.40 bits per heavy atom. The van der Waals surface area contributed by atoms with Gasteiger partial charge in [-0.2, -0.15) is 5.10 Å². The van der Waals surface area contributed by atoms with Gasteiger partial charge in [0, 0.05) is 13.2 Å². The van der Waals surface area contributed by atoms with Crippen LogP contribution >= 0.6 is 0 Å². The molecule has 1 heterocycles. The molecule has 0 N–H and O–H groups in total. The molecule has 0 unspecified atom stereocenters. The van der Waals surface area contributed by atoms with E-state index in [0.717, 1.165) is 18.0 Å². The number of hydrogen-bond acceptors (Lipinski definition) is 3. The fourth-order valence-electron chi connectivity index (χ4n) is 1.66. The Bertz CT molecular complexity index is 367. The highest BCUT2D eigenvalue weighted by atomic mass is 16.5. The first-order valence-corrected chi connectivity index (χ1v) is 5.40. The smallest absolute Gasteiger partial charge is 0.341 e. The van der Waals surface area contributed by atoms with E-state index in [2.05, 4.69) is 5.10 Å². The molecule has 0 radical (unpaired) electrons. The number of aryl methyl sites for hydroxylation is 1. The molecule has 0 saturated heterocycles. The molecule has 1 fully saturated rings. The van der Waals surface area contributed by atoms with E-state index in [9.17, 15) is 4.79 Å². The molecular formula is C11H16N2O2. The lowest BCUT2D eigenvalue weighted by atomic mass is 10.1. The van der Waals surface area contributed by atoms with Gasteiger partial charge in [0.2, 0.25) is 0 Å². The molecule has 0 amide bonds. The highest BCUT2D eigenvalue weighted by Gasteiger charge is 2.26. The quantitative estimate of drug-likeness (QED) is 0.705. The van der Waals surface area contributed by atoms with Gasteiger partial charge in [-0.25, -0.2) is 4.79 Å². The van der Waals surface area contributed by atoms with E-state index in [0.29, 0.717) is 12.2 Å². The second-order valence-corrected chi connectivity index (χ2v) is 4.03. The van der Waals surface area contributed by atoms with E-state index in [1.54, 1.807) is 10.9 Å². The zero-order valence-corrected chi connectivity index (χ0v) is 9.19. The maximum Gasteiger partial charge on any atom is 0.341 e. The van der Waals surface area contributed by atoms with Gasteiger partial charge in [0.25, 0.3) is 0 Å². The minimum Gasteiger partial charge on any atom is -0.462 e. The summed E-state index contributed by atoms with van der Waals surface area (Å²) >= 11 is 0. The highest BCUT2D eigenvalue weighted by Crippen LogP contribution is 2.33. The van der Waals surface area contributed by atoms with Crippen LogP contribution in [0.5, 0.6) is 0 Å². The fraction of sp³-hybridized carbons (Fsp3) is 0.636. The van der Waals surface area contributed by atoms with E-state index in [-0.39, 0.29) is 5.97 Å². The summed E-state index contributed by atoms with van der Waals surface area (Å²) in [6.45, 7) is 2.23. The number of rotatable bonds is 4. The SMILES string of the molecule is CCOC(=O)c1cn(C)nc1CC1CC1. The van der Waals surface area contributed by atoms with Crippen LogP contribution in [0.15, 0.2) is 6.20 Å². The van der Waals surface area contributed by atoms with Crippen LogP contribution in [-0.2, 0) is 18.2 Å². The molecule has 0 atom stereocenters. The molecule has 4 nitrogen and oxygen atoms in total. The van der Waals surface area contributed by atoms with Gasteiger partial charge in [0.05, 0.1) is 12.3 Å². The zero-order valence-electron chi connectivity index (χ0n) is 9.19. The molecule has 0 aromatic carbocycles. The second-order valence-electron chi connectivity index (χ2n) is 4.03. The average molecular weight is 208 g/mol. The summed E-state index contributed by atoms with van der Waals surface area (Å²) in [5, 5.41) is 4.31. The molecule has 1 aliphatic carbocycles. The van der Waals surface area contributed by atoms with Crippen molar-refractivity contribution in [2.75, 3.05) is 6.61 Å². The minimum absolute atomic E-state index is 0.249. The predicted octanol–water partition coefficient (Wildman–Crippen LogP) is 1.55. The number of carbonyl (C=O) groups is 1.